The van der Waals surface area contributed by atoms with Gasteiger partial charge >= 0.3 is 0 Å². The molecule has 0 fully saturated rings. The molecule has 0 aromatic carbocycles. The molecule has 0 saturated carbocycles. The van der Waals surface area contributed by atoms with Crippen molar-refractivity contribution in [1.82, 2.24) is 0 Å². The lowest BCUT2D eigenvalue weighted by molar-refractivity contribution is 0.859. The average molecular weight is 335 g/mol. The van der Waals surface area contributed by atoms with Crippen LogP contribution in [0.5, 0.6) is 0 Å². The van der Waals surface area contributed by atoms with Gasteiger partial charge < -0.3 is 0 Å². The monoisotopic (exact) mass is 334 g/mol. The number of rotatable bonds is 4. The lowest BCUT2D eigenvalue weighted by Gasteiger charge is -2.50. The van der Waals surface area contributed by atoms with Crippen molar-refractivity contribution in [2.45, 2.75) is 63.8 Å². The van der Waals surface area contributed by atoms with Crippen LogP contribution >= 0.6 is 11.2 Å². The van der Waals surface area contributed by atoms with Gasteiger partial charge in [-0.3, -0.25) is 0 Å². The maximum Gasteiger partial charge on any atom is 0.109 e. The highest BCUT2D eigenvalue weighted by molar-refractivity contribution is 8.30. The Bertz CT molecular complexity index is 544. The molecule has 21 heavy (non-hydrogen) atoms. The SMILES string of the molecule is CC1=CCC(S[Si](C)(C)C)([Si](C)(C)C2=CCC=C2)C(C)=C1. The molecule has 0 aromatic rings. The maximum atomic E-state index is 2.59. The van der Waals surface area contributed by atoms with E-state index in [1.54, 1.807) is 10.8 Å². The van der Waals surface area contributed by atoms with E-state index in [0.717, 1.165) is 6.42 Å². The number of allylic oxidation sites excluding steroid dienone is 7. The zero-order valence-electron chi connectivity index (χ0n) is 14.7. The molecule has 0 N–H and O–H groups in total. The molecule has 0 aromatic heterocycles. The Morgan fingerprint density at radius 2 is 1.71 bits per heavy atom. The van der Waals surface area contributed by atoms with Gasteiger partial charge in [0, 0.05) is 4.37 Å². The molecule has 2 aliphatic rings. The molecule has 0 radical (unpaired) electrons. The van der Waals surface area contributed by atoms with Crippen LogP contribution < -0.4 is 0 Å². The van der Waals surface area contributed by atoms with Crippen LogP contribution in [0.15, 0.2) is 46.7 Å². The van der Waals surface area contributed by atoms with E-state index in [4.69, 9.17) is 0 Å². The van der Waals surface area contributed by atoms with Crippen LogP contribution in [-0.4, -0.2) is 19.7 Å². The van der Waals surface area contributed by atoms with E-state index in [2.05, 4.69) is 88.2 Å². The van der Waals surface area contributed by atoms with Crippen LogP contribution in [-0.2, 0) is 0 Å². The summed E-state index contributed by atoms with van der Waals surface area (Å²) in [5, 5.41) is 1.66. The molecule has 2 rings (SSSR count). The maximum absolute atomic E-state index is 2.59. The van der Waals surface area contributed by atoms with Crippen LogP contribution in [0.4, 0.5) is 0 Å². The topological polar surface area (TPSA) is 0 Å². The van der Waals surface area contributed by atoms with Crippen molar-refractivity contribution in [3.8, 4) is 0 Å². The van der Waals surface area contributed by atoms with Gasteiger partial charge in [0.05, 0.1) is 0 Å². The van der Waals surface area contributed by atoms with Gasteiger partial charge in [-0.15, -0.1) is 0 Å². The van der Waals surface area contributed by atoms with E-state index in [9.17, 15) is 0 Å². The third-order valence-corrected chi connectivity index (χ3v) is 16.0. The van der Waals surface area contributed by atoms with Crippen LogP contribution in [0.1, 0.15) is 26.7 Å². The molecule has 0 spiro atoms. The molecule has 0 bridgehead atoms. The van der Waals surface area contributed by atoms with Gasteiger partial charge in [-0.25, -0.2) is 0 Å². The molecule has 0 aliphatic heterocycles. The lowest BCUT2D eigenvalue weighted by atomic mass is 10.0. The minimum atomic E-state index is -1.56. The number of hydrogen-bond acceptors (Lipinski definition) is 1. The van der Waals surface area contributed by atoms with E-state index in [1.165, 1.54) is 12.0 Å². The summed E-state index contributed by atoms with van der Waals surface area (Å²) in [7, 11) is -2.77. The van der Waals surface area contributed by atoms with Gasteiger partial charge in [-0.05, 0) is 26.7 Å². The zero-order valence-corrected chi connectivity index (χ0v) is 17.5. The normalized spacial score (nSPS) is 26.5. The predicted molar refractivity (Wildman–Crippen MR) is 105 cm³/mol. The van der Waals surface area contributed by atoms with E-state index in [-0.39, 0.29) is 0 Å². The smallest absolute Gasteiger partial charge is 0.109 e. The summed E-state index contributed by atoms with van der Waals surface area (Å²) in [6.07, 6.45) is 14.5. The van der Waals surface area contributed by atoms with Gasteiger partial charge in [0.25, 0.3) is 0 Å². The van der Waals surface area contributed by atoms with E-state index in [1.807, 2.05) is 0 Å². The molecule has 116 valence electrons. The largest absolute Gasteiger partial charge is 0.177 e. The quantitative estimate of drug-likeness (QED) is 0.546. The molecule has 0 nitrogen and oxygen atoms in total. The Balaban J connectivity index is 2.52. The van der Waals surface area contributed by atoms with Gasteiger partial charge in [0.2, 0.25) is 0 Å². The van der Waals surface area contributed by atoms with E-state index in [0.29, 0.717) is 4.37 Å². The molecule has 2 aliphatic carbocycles. The summed E-state index contributed by atoms with van der Waals surface area (Å²) >= 11 is 2.34. The van der Waals surface area contributed by atoms with Crippen molar-refractivity contribution in [2.24, 2.45) is 0 Å². The highest BCUT2D eigenvalue weighted by atomic mass is 32.4. The van der Waals surface area contributed by atoms with Crippen LogP contribution in [0, 0.1) is 0 Å². The molecule has 0 heterocycles. The Kier molecular flexibility index (Phi) is 4.68. The number of hydrogen-bond donors (Lipinski definition) is 0. The summed E-state index contributed by atoms with van der Waals surface area (Å²) in [5.74, 6) is 0. The first-order valence-electron chi connectivity index (χ1n) is 8.01. The van der Waals surface area contributed by atoms with Gasteiger partial charge in [0.15, 0.2) is 0 Å². The zero-order chi connectivity index (χ0) is 15.9. The standard InChI is InChI=1S/C18H30SSi2/c1-15-12-13-18(16(2)14-15,19-20(3,4)5)21(6,7)17-10-8-9-11-17/h8,10-12,14H,9,13H2,1-7H3. The molecule has 1 atom stereocenters. The minimum Gasteiger partial charge on any atom is -0.177 e. The molecular formula is C18H30SSi2. The Labute approximate surface area is 137 Å². The van der Waals surface area contributed by atoms with Crippen molar-refractivity contribution in [2.75, 3.05) is 0 Å². The van der Waals surface area contributed by atoms with Gasteiger partial charge in [-0.1, -0.05) is 79.5 Å². The van der Waals surface area contributed by atoms with Crippen molar-refractivity contribution >= 4 is 26.5 Å². The summed E-state index contributed by atoms with van der Waals surface area (Å²) < 4.78 is 0.345. The van der Waals surface area contributed by atoms with Crippen molar-refractivity contribution in [3.63, 3.8) is 0 Å². The average Bonchev–Trinajstić information content (AvgIpc) is 2.85. The fourth-order valence-electron chi connectivity index (χ4n) is 3.66. The summed E-state index contributed by atoms with van der Waals surface area (Å²) in [6.45, 7) is 17.3. The second-order valence-electron chi connectivity index (χ2n) is 7.94. The van der Waals surface area contributed by atoms with Gasteiger partial charge in [0.1, 0.15) is 15.3 Å². The van der Waals surface area contributed by atoms with Crippen LogP contribution in [0.3, 0.4) is 0 Å². The predicted octanol–water partition coefficient (Wildman–Crippen LogP) is 6.26. The third kappa shape index (κ3) is 3.25. The first-order chi connectivity index (χ1) is 9.58. The van der Waals surface area contributed by atoms with E-state index < -0.39 is 15.3 Å². The first kappa shape index (κ1) is 17.1. The van der Waals surface area contributed by atoms with Gasteiger partial charge in [-0.2, -0.15) is 11.2 Å². The molecule has 0 amide bonds. The summed E-state index contributed by atoms with van der Waals surface area (Å²) in [6, 6.07) is 0. The molecule has 0 saturated heterocycles. The third-order valence-electron chi connectivity index (χ3n) is 4.78. The molecule has 1 unspecified atom stereocenters. The Morgan fingerprint density at radius 3 is 2.19 bits per heavy atom. The Hall–Kier alpha value is -0.256. The lowest BCUT2D eigenvalue weighted by Crippen LogP contribution is -2.56. The fraction of sp³-hybridized carbons (Fsp3) is 0.556. The second-order valence-corrected chi connectivity index (χ2v) is 22.4. The highest BCUT2D eigenvalue weighted by Gasteiger charge is 2.52. The highest BCUT2D eigenvalue weighted by Crippen LogP contribution is 2.52. The molecular weight excluding hydrogens is 304 g/mol. The molecule has 3 heteroatoms. The van der Waals surface area contributed by atoms with Crippen molar-refractivity contribution in [1.29, 1.82) is 0 Å². The minimum absolute atomic E-state index is 0.345. The first-order valence-corrected chi connectivity index (χ1v) is 16.1. The van der Waals surface area contributed by atoms with Crippen molar-refractivity contribution < 1.29 is 0 Å². The second kappa shape index (κ2) is 5.75. The fourth-order valence-corrected chi connectivity index (χ4v) is 18.7. The van der Waals surface area contributed by atoms with Crippen molar-refractivity contribution in [3.05, 3.63) is 46.7 Å². The Morgan fingerprint density at radius 1 is 1.05 bits per heavy atom. The van der Waals surface area contributed by atoms with Crippen LogP contribution in [0.25, 0.3) is 0 Å². The van der Waals surface area contributed by atoms with E-state index >= 15 is 0 Å². The summed E-state index contributed by atoms with van der Waals surface area (Å²) in [5.41, 5.74) is 3.06. The van der Waals surface area contributed by atoms with Crippen LogP contribution in [0.2, 0.25) is 32.7 Å². The summed E-state index contributed by atoms with van der Waals surface area (Å²) in [4.78, 5) is 0.